The quantitative estimate of drug-likeness (QED) is 0.635. The molecule has 1 atom stereocenters. The van der Waals surface area contributed by atoms with Gasteiger partial charge in [-0.25, -0.2) is 0 Å². The van der Waals surface area contributed by atoms with Crippen LogP contribution in [0.5, 0.6) is 0 Å². The van der Waals surface area contributed by atoms with Crippen molar-refractivity contribution < 1.29 is 9.59 Å². The van der Waals surface area contributed by atoms with Gasteiger partial charge in [0, 0.05) is 25.6 Å². The molecule has 0 bridgehead atoms. The smallest absolute Gasteiger partial charge is 0.224 e. The number of hydrogen-bond donors (Lipinski definition) is 3. The lowest BCUT2D eigenvalue weighted by molar-refractivity contribution is -0.125. The average Bonchev–Trinajstić information content (AvgIpc) is 2.29. The van der Waals surface area contributed by atoms with Crippen LogP contribution in [0.1, 0.15) is 33.1 Å². The maximum absolute atomic E-state index is 11.7. The first-order chi connectivity index (χ1) is 8.09. The Balaban J connectivity index is 2.13. The van der Waals surface area contributed by atoms with E-state index in [0.717, 1.165) is 25.9 Å². The molecule has 0 aromatic heterocycles. The number of nitrogens with one attached hydrogen (secondary N) is 3. The zero-order valence-electron chi connectivity index (χ0n) is 10.7. The first kappa shape index (κ1) is 14.0. The summed E-state index contributed by atoms with van der Waals surface area (Å²) in [5, 5.41) is 8.81. The van der Waals surface area contributed by atoms with E-state index in [4.69, 9.17) is 0 Å². The number of piperidine rings is 1. The van der Waals surface area contributed by atoms with Gasteiger partial charge in [0.05, 0.1) is 5.92 Å². The summed E-state index contributed by atoms with van der Waals surface area (Å²) in [7, 11) is 0. The summed E-state index contributed by atoms with van der Waals surface area (Å²) in [4.78, 5) is 23.1. The molecule has 5 nitrogen and oxygen atoms in total. The van der Waals surface area contributed by atoms with Gasteiger partial charge >= 0.3 is 0 Å². The van der Waals surface area contributed by atoms with Crippen LogP contribution in [-0.4, -0.2) is 37.5 Å². The minimum Gasteiger partial charge on any atom is -0.355 e. The van der Waals surface area contributed by atoms with E-state index in [1.165, 1.54) is 0 Å². The molecule has 0 radical (unpaired) electrons. The maximum atomic E-state index is 11.7. The molecule has 1 aliphatic heterocycles. The van der Waals surface area contributed by atoms with Gasteiger partial charge in [-0.2, -0.15) is 0 Å². The molecule has 2 amide bonds. The van der Waals surface area contributed by atoms with Crippen LogP contribution in [0.15, 0.2) is 0 Å². The normalized spacial score (nSPS) is 20.1. The molecule has 0 spiro atoms. The minimum absolute atomic E-state index is 0.0120. The molecular weight excluding hydrogens is 218 g/mol. The van der Waals surface area contributed by atoms with Gasteiger partial charge in [-0.1, -0.05) is 0 Å². The van der Waals surface area contributed by atoms with Gasteiger partial charge in [0.15, 0.2) is 0 Å². The van der Waals surface area contributed by atoms with E-state index in [9.17, 15) is 9.59 Å². The lowest BCUT2D eigenvalue weighted by atomic mass is 9.99. The number of amides is 2. The largest absolute Gasteiger partial charge is 0.355 e. The van der Waals surface area contributed by atoms with Crippen molar-refractivity contribution in [3.8, 4) is 0 Å². The van der Waals surface area contributed by atoms with Crippen molar-refractivity contribution in [2.45, 2.75) is 39.2 Å². The molecule has 0 aromatic rings. The van der Waals surface area contributed by atoms with Crippen molar-refractivity contribution >= 4 is 11.8 Å². The predicted octanol–water partition coefficient (Wildman–Crippen LogP) is 0.0169. The molecule has 3 N–H and O–H groups in total. The Morgan fingerprint density at radius 2 is 2.18 bits per heavy atom. The summed E-state index contributed by atoms with van der Waals surface area (Å²) in [5.41, 5.74) is 0. The molecule has 1 saturated heterocycles. The topological polar surface area (TPSA) is 70.2 Å². The monoisotopic (exact) mass is 241 g/mol. The fourth-order valence-corrected chi connectivity index (χ4v) is 1.91. The highest BCUT2D eigenvalue weighted by Gasteiger charge is 2.20. The second-order valence-electron chi connectivity index (χ2n) is 4.81. The molecule has 1 fully saturated rings. The summed E-state index contributed by atoms with van der Waals surface area (Å²) >= 11 is 0. The number of carbonyl (C=O) groups is 2. The van der Waals surface area contributed by atoms with Gasteiger partial charge in [-0.05, 0) is 33.2 Å². The zero-order valence-corrected chi connectivity index (χ0v) is 10.7. The molecule has 5 heteroatoms. The fraction of sp³-hybridized carbons (Fsp3) is 0.833. The van der Waals surface area contributed by atoms with Crippen molar-refractivity contribution in [2.24, 2.45) is 5.92 Å². The van der Waals surface area contributed by atoms with Gasteiger partial charge in [0.25, 0.3) is 0 Å². The van der Waals surface area contributed by atoms with Gasteiger partial charge in [-0.3, -0.25) is 9.59 Å². The van der Waals surface area contributed by atoms with Crippen LogP contribution in [0.3, 0.4) is 0 Å². The van der Waals surface area contributed by atoms with E-state index in [2.05, 4.69) is 16.0 Å². The third-order valence-electron chi connectivity index (χ3n) is 2.77. The Morgan fingerprint density at radius 1 is 1.41 bits per heavy atom. The standard InChI is InChI=1S/C12H23N3O2/c1-9(2)15-11(16)5-7-14-12(17)10-4-3-6-13-8-10/h9-10,13H,3-8H2,1-2H3,(H,14,17)(H,15,16). The minimum atomic E-state index is -0.0120. The number of hydrogen-bond acceptors (Lipinski definition) is 3. The predicted molar refractivity (Wildman–Crippen MR) is 66.5 cm³/mol. The summed E-state index contributed by atoms with van der Waals surface area (Å²) < 4.78 is 0. The first-order valence-corrected chi connectivity index (χ1v) is 6.37. The van der Waals surface area contributed by atoms with E-state index in [1.54, 1.807) is 0 Å². The summed E-state index contributed by atoms with van der Waals surface area (Å²) in [6.45, 7) is 6.02. The van der Waals surface area contributed by atoms with Gasteiger partial charge in [-0.15, -0.1) is 0 Å². The molecular formula is C12H23N3O2. The molecule has 0 aliphatic carbocycles. The average molecular weight is 241 g/mol. The third-order valence-corrected chi connectivity index (χ3v) is 2.77. The molecule has 17 heavy (non-hydrogen) atoms. The second-order valence-corrected chi connectivity index (χ2v) is 4.81. The Kier molecular flexibility index (Phi) is 5.97. The molecule has 98 valence electrons. The molecule has 1 unspecified atom stereocenters. The fourth-order valence-electron chi connectivity index (χ4n) is 1.91. The van der Waals surface area contributed by atoms with Crippen LogP contribution >= 0.6 is 0 Å². The Hall–Kier alpha value is -1.10. The molecule has 1 heterocycles. The Morgan fingerprint density at radius 3 is 2.76 bits per heavy atom. The van der Waals surface area contributed by atoms with E-state index in [0.29, 0.717) is 13.0 Å². The van der Waals surface area contributed by atoms with Gasteiger partial charge in [0.2, 0.25) is 11.8 Å². The van der Waals surface area contributed by atoms with Crippen LogP contribution < -0.4 is 16.0 Å². The van der Waals surface area contributed by atoms with Gasteiger partial charge in [0.1, 0.15) is 0 Å². The molecule has 0 aromatic carbocycles. The lowest BCUT2D eigenvalue weighted by Crippen LogP contribution is -2.41. The molecule has 1 rings (SSSR count). The lowest BCUT2D eigenvalue weighted by Gasteiger charge is -2.21. The van der Waals surface area contributed by atoms with Crippen LogP contribution in [0.4, 0.5) is 0 Å². The first-order valence-electron chi connectivity index (χ1n) is 6.37. The van der Waals surface area contributed by atoms with Gasteiger partial charge < -0.3 is 16.0 Å². The third kappa shape index (κ3) is 5.68. The summed E-state index contributed by atoms with van der Waals surface area (Å²) in [5.74, 6) is 0.119. The van der Waals surface area contributed by atoms with Crippen molar-refractivity contribution in [2.75, 3.05) is 19.6 Å². The van der Waals surface area contributed by atoms with E-state index < -0.39 is 0 Å². The highest BCUT2D eigenvalue weighted by Crippen LogP contribution is 2.09. The Bertz CT molecular complexity index is 260. The number of rotatable bonds is 5. The zero-order chi connectivity index (χ0) is 12.7. The van der Waals surface area contributed by atoms with Crippen molar-refractivity contribution in [1.29, 1.82) is 0 Å². The van der Waals surface area contributed by atoms with Crippen molar-refractivity contribution in [1.82, 2.24) is 16.0 Å². The Labute approximate surface area is 103 Å². The van der Waals surface area contributed by atoms with Crippen LogP contribution in [-0.2, 0) is 9.59 Å². The van der Waals surface area contributed by atoms with Crippen molar-refractivity contribution in [3.63, 3.8) is 0 Å². The van der Waals surface area contributed by atoms with Crippen LogP contribution in [0.25, 0.3) is 0 Å². The highest BCUT2D eigenvalue weighted by molar-refractivity contribution is 5.80. The van der Waals surface area contributed by atoms with Crippen LogP contribution in [0, 0.1) is 5.92 Å². The number of carbonyl (C=O) groups excluding carboxylic acids is 2. The molecule has 1 aliphatic rings. The highest BCUT2D eigenvalue weighted by atomic mass is 16.2. The van der Waals surface area contributed by atoms with Crippen LogP contribution in [0.2, 0.25) is 0 Å². The SMILES string of the molecule is CC(C)NC(=O)CCNC(=O)C1CCCNC1. The van der Waals surface area contributed by atoms with Crippen molar-refractivity contribution in [3.05, 3.63) is 0 Å². The maximum Gasteiger partial charge on any atom is 0.224 e. The summed E-state index contributed by atoms with van der Waals surface area (Å²) in [6, 6.07) is 0.153. The van der Waals surface area contributed by atoms with E-state index >= 15 is 0 Å². The van der Waals surface area contributed by atoms with E-state index in [1.807, 2.05) is 13.8 Å². The molecule has 0 saturated carbocycles. The van der Waals surface area contributed by atoms with E-state index in [-0.39, 0.29) is 23.8 Å². The summed E-state index contributed by atoms with van der Waals surface area (Å²) in [6.07, 6.45) is 2.34. The second kappa shape index (κ2) is 7.27.